The van der Waals surface area contributed by atoms with Gasteiger partial charge in [0.15, 0.2) is 5.75 Å². The zero-order valence-electron chi connectivity index (χ0n) is 16.2. The van der Waals surface area contributed by atoms with Crippen LogP contribution in [-0.4, -0.2) is 24.1 Å². The van der Waals surface area contributed by atoms with E-state index in [0.29, 0.717) is 21.5 Å². The van der Waals surface area contributed by atoms with Crippen molar-refractivity contribution in [2.75, 3.05) is 0 Å². The predicted molar refractivity (Wildman–Crippen MR) is 157 cm³/mol. The van der Waals surface area contributed by atoms with E-state index in [0.717, 1.165) is 15.0 Å². The monoisotopic (exact) mass is 938 g/mol. The minimum absolute atomic E-state index is 0.0423. The van der Waals surface area contributed by atoms with Gasteiger partial charge in [0.1, 0.15) is 11.5 Å². The zero-order valence-corrected chi connectivity index (χ0v) is 25.7. The molecule has 34 heavy (non-hydrogen) atoms. The van der Waals surface area contributed by atoms with Crippen molar-refractivity contribution in [1.82, 2.24) is 0 Å². The second kappa shape index (κ2) is 9.40. The number of aromatic hydroxyl groups is 2. The first-order chi connectivity index (χ1) is 15.7. The van der Waals surface area contributed by atoms with Crippen molar-refractivity contribution in [2.45, 2.75) is 5.51 Å². The maximum absolute atomic E-state index is 13.1. The second-order valence-corrected chi connectivity index (χ2v) is 13.4. The third kappa shape index (κ3) is 4.74. The lowest BCUT2D eigenvalue weighted by atomic mass is 9.92. The summed E-state index contributed by atoms with van der Waals surface area (Å²) in [6.45, 7) is 0. The summed E-state index contributed by atoms with van der Waals surface area (Å²) in [5.41, 5.74) is -5.56. The van der Waals surface area contributed by atoms with Gasteiger partial charge in [-0.25, -0.2) is 0 Å². The van der Waals surface area contributed by atoms with Gasteiger partial charge in [-0.05, 0) is 138 Å². The summed E-state index contributed by atoms with van der Waals surface area (Å²) in [6.07, 6.45) is 0. The number of rotatable bonds is 3. The van der Waals surface area contributed by atoms with E-state index in [2.05, 4.69) is 26.8 Å². The molecule has 2 N–H and O–H groups in total. The van der Waals surface area contributed by atoms with E-state index < -0.39 is 21.4 Å². The minimum atomic E-state index is -6.00. The first-order valence-electron chi connectivity index (χ1n) is 8.98. The first kappa shape index (κ1) is 26.5. The molecule has 0 radical (unpaired) electrons. The molecular weight excluding hydrogens is 929 g/mol. The molecule has 178 valence electrons. The van der Waals surface area contributed by atoms with Gasteiger partial charge < -0.3 is 14.4 Å². The number of benzene rings is 4. The van der Waals surface area contributed by atoms with Crippen LogP contribution in [0.3, 0.4) is 0 Å². The summed E-state index contributed by atoms with van der Waals surface area (Å²) >= 11 is 7.90. The molecule has 4 aromatic rings. The summed E-state index contributed by atoms with van der Waals surface area (Å²) < 4.78 is 70.3. The first-order valence-corrected chi connectivity index (χ1v) is 14.7. The summed E-state index contributed by atoms with van der Waals surface area (Å²) in [7, 11) is -6.00. The van der Waals surface area contributed by atoms with Gasteiger partial charge in [0.05, 0.1) is 0 Å². The van der Waals surface area contributed by atoms with Crippen LogP contribution in [0.4, 0.5) is 13.2 Å². The van der Waals surface area contributed by atoms with Crippen LogP contribution < -0.4 is 4.18 Å². The molecule has 0 fully saturated rings. The molecule has 0 heterocycles. The molecule has 4 aromatic carbocycles. The fourth-order valence-electron chi connectivity index (χ4n) is 3.51. The van der Waals surface area contributed by atoms with Crippen molar-refractivity contribution in [3.05, 3.63) is 56.7 Å². The van der Waals surface area contributed by atoms with Crippen molar-refractivity contribution in [3.8, 4) is 28.4 Å². The van der Waals surface area contributed by atoms with E-state index in [-0.39, 0.29) is 28.0 Å². The third-order valence-corrected chi connectivity index (χ3v) is 8.90. The average molecular weight is 938 g/mol. The molecule has 0 amide bonds. The summed E-state index contributed by atoms with van der Waals surface area (Å²) in [4.78, 5) is 0. The van der Waals surface area contributed by atoms with E-state index in [1.54, 1.807) is 18.2 Å². The molecule has 0 spiro atoms. The van der Waals surface area contributed by atoms with Crippen molar-refractivity contribution in [2.24, 2.45) is 0 Å². The smallest absolute Gasteiger partial charge is 0.507 e. The van der Waals surface area contributed by atoms with Gasteiger partial charge in [-0.2, -0.15) is 21.6 Å². The van der Waals surface area contributed by atoms with Crippen molar-refractivity contribution < 1.29 is 36.0 Å². The molecule has 0 bridgehead atoms. The molecule has 0 unspecified atom stereocenters. The number of hydrogen-bond acceptors (Lipinski definition) is 5. The molecule has 5 nitrogen and oxygen atoms in total. The molecular formula is C21H9F3I4O5S. The zero-order chi connectivity index (χ0) is 25.2. The van der Waals surface area contributed by atoms with E-state index in [4.69, 9.17) is 0 Å². The molecule has 0 aliphatic rings. The van der Waals surface area contributed by atoms with Crippen LogP contribution >= 0.6 is 90.4 Å². The van der Waals surface area contributed by atoms with E-state index in [9.17, 15) is 31.8 Å². The Morgan fingerprint density at radius 2 is 1.29 bits per heavy atom. The predicted octanol–water partition coefficient (Wildman–Crippen LogP) is 7.72. The summed E-state index contributed by atoms with van der Waals surface area (Å²) in [6, 6.07) is 11.0. The van der Waals surface area contributed by atoms with Gasteiger partial charge in [0, 0.05) is 36.2 Å². The Morgan fingerprint density at radius 3 is 1.91 bits per heavy atom. The Morgan fingerprint density at radius 1 is 0.735 bits per heavy atom. The Balaban J connectivity index is 2.20. The number of phenolic OH excluding ortho intramolecular Hbond substituents is 2. The molecule has 0 saturated carbocycles. The maximum atomic E-state index is 13.1. The highest BCUT2D eigenvalue weighted by Gasteiger charge is 2.49. The quantitative estimate of drug-likeness (QED) is 0.125. The minimum Gasteiger partial charge on any atom is -0.507 e. The Labute approximate surface area is 245 Å². The fraction of sp³-hybridized carbons (Fsp3) is 0.0476. The fourth-order valence-corrected chi connectivity index (χ4v) is 6.52. The van der Waals surface area contributed by atoms with Crippen LogP contribution in [0.5, 0.6) is 17.2 Å². The highest BCUT2D eigenvalue weighted by atomic mass is 127. The lowest BCUT2D eigenvalue weighted by Gasteiger charge is -2.19. The van der Waals surface area contributed by atoms with E-state index >= 15 is 0 Å². The lowest BCUT2D eigenvalue weighted by molar-refractivity contribution is -0.0499. The Kier molecular flexibility index (Phi) is 7.33. The molecule has 0 aromatic heterocycles. The van der Waals surface area contributed by atoms with Gasteiger partial charge in [0.25, 0.3) is 0 Å². The number of hydrogen-bond donors (Lipinski definition) is 2. The van der Waals surface area contributed by atoms with Crippen LogP contribution in [0.25, 0.3) is 32.7 Å². The van der Waals surface area contributed by atoms with E-state index in [1.807, 2.05) is 73.8 Å². The number of alkyl halides is 3. The van der Waals surface area contributed by atoms with Crippen molar-refractivity contribution in [1.29, 1.82) is 0 Å². The highest BCUT2D eigenvalue weighted by Crippen LogP contribution is 2.50. The molecule has 0 aliphatic heterocycles. The lowest BCUT2D eigenvalue weighted by Crippen LogP contribution is -2.28. The standard InChI is InChI=1S/C21H9F3I4O5S/c22-21(23,24)34(31,32)33-17-5-9(26)4-12-14(28)7-16(30)20(19(12)17)18-10-2-1-8(25)3-11(10)13(27)6-15(18)29/h1-7,29-30H. The molecule has 0 atom stereocenters. The number of fused-ring (bicyclic) bond motifs is 2. The maximum Gasteiger partial charge on any atom is 0.534 e. The Hall–Kier alpha value is -0.540. The number of halogens is 7. The van der Waals surface area contributed by atoms with Gasteiger partial charge in [-0.15, -0.1) is 0 Å². The summed E-state index contributed by atoms with van der Waals surface area (Å²) in [5, 5.41) is 23.4. The van der Waals surface area contributed by atoms with Crippen LogP contribution in [-0.2, 0) is 10.1 Å². The average Bonchev–Trinajstić information content (AvgIpc) is 2.69. The van der Waals surface area contributed by atoms with Crippen LogP contribution in [0.1, 0.15) is 0 Å². The van der Waals surface area contributed by atoms with Gasteiger partial charge in [-0.1, -0.05) is 6.07 Å². The van der Waals surface area contributed by atoms with Crippen molar-refractivity contribution in [3.63, 3.8) is 0 Å². The SMILES string of the molecule is O=S(=O)(Oc1cc(I)cc2c(I)cc(O)c(-c3c(O)cc(I)c4cc(I)ccc34)c12)C(F)(F)F. The van der Waals surface area contributed by atoms with Crippen LogP contribution in [0.2, 0.25) is 0 Å². The summed E-state index contributed by atoms with van der Waals surface area (Å²) in [5.74, 6) is -1.21. The normalized spacial score (nSPS) is 12.4. The highest BCUT2D eigenvalue weighted by molar-refractivity contribution is 14.1. The third-order valence-electron chi connectivity index (χ3n) is 4.85. The van der Waals surface area contributed by atoms with Gasteiger partial charge in [0.2, 0.25) is 0 Å². The molecule has 4 rings (SSSR count). The van der Waals surface area contributed by atoms with Gasteiger partial charge >= 0.3 is 15.6 Å². The van der Waals surface area contributed by atoms with Crippen molar-refractivity contribution >= 4 is 122 Å². The molecule has 0 aliphatic carbocycles. The van der Waals surface area contributed by atoms with E-state index in [1.165, 1.54) is 12.1 Å². The topological polar surface area (TPSA) is 83.8 Å². The second-order valence-electron chi connectivity index (χ2n) is 7.00. The number of phenols is 2. The van der Waals surface area contributed by atoms with Crippen LogP contribution in [0, 0.1) is 14.3 Å². The van der Waals surface area contributed by atoms with Gasteiger partial charge in [-0.3, -0.25) is 0 Å². The molecule has 13 heteroatoms. The largest absolute Gasteiger partial charge is 0.534 e. The Bertz CT molecular complexity index is 1600. The van der Waals surface area contributed by atoms with Crippen LogP contribution in [0.15, 0.2) is 42.5 Å². The molecule has 0 saturated heterocycles.